The standard InChI is InChI=1S/C16H16N4O4S/c1-10-6-7-12(9-13(10)16(21)22)25(23,24)19-11(2)15-18-17-14-5-3-4-8-20(14)15/h3-9,11,19H,1-2H3,(H,21,22)/t11-/m0/s1. The van der Waals surface area contributed by atoms with Gasteiger partial charge in [0.1, 0.15) is 0 Å². The Labute approximate surface area is 144 Å². The number of carbonyl (C=O) groups is 1. The van der Waals surface area contributed by atoms with Crippen molar-refractivity contribution in [2.45, 2.75) is 24.8 Å². The summed E-state index contributed by atoms with van der Waals surface area (Å²) in [5.41, 5.74) is 1.04. The van der Waals surface area contributed by atoms with Crippen LogP contribution in [0, 0.1) is 6.92 Å². The molecule has 8 nitrogen and oxygen atoms in total. The highest BCUT2D eigenvalue weighted by Crippen LogP contribution is 2.19. The van der Waals surface area contributed by atoms with E-state index < -0.39 is 22.0 Å². The molecule has 2 N–H and O–H groups in total. The van der Waals surface area contributed by atoms with Crippen LogP contribution < -0.4 is 4.72 Å². The molecular formula is C16H16N4O4S. The molecule has 0 spiro atoms. The number of aromatic carboxylic acids is 1. The molecule has 1 aromatic carbocycles. The number of hydrogen-bond donors (Lipinski definition) is 2. The second-order valence-corrected chi connectivity index (χ2v) is 7.33. The summed E-state index contributed by atoms with van der Waals surface area (Å²) in [6.07, 6.45) is 1.74. The van der Waals surface area contributed by atoms with Crippen molar-refractivity contribution in [1.82, 2.24) is 19.3 Å². The lowest BCUT2D eigenvalue weighted by Crippen LogP contribution is -2.28. The molecule has 0 saturated heterocycles. The van der Waals surface area contributed by atoms with E-state index in [1.807, 2.05) is 6.07 Å². The summed E-state index contributed by atoms with van der Waals surface area (Å²) < 4.78 is 29.4. The Morgan fingerprint density at radius 2 is 2.00 bits per heavy atom. The summed E-state index contributed by atoms with van der Waals surface area (Å²) >= 11 is 0. The van der Waals surface area contributed by atoms with Crippen molar-refractivity contribution < 1.29 is 18.3 Å². The van der Waals surface area contributed by atoms with Crippen LogP contribution in [0.4, 0.5) is 0 Å². The van der Waals surface area contributed by atoms with Crippen molar-refractivity contribution in [2.24, 2.45) is 0 Å². The summed E-state index contributed by atoms with van der Waals surface area (Å²) in [6.45, 7) is 3.26. The van der Waals surface area contributed by atoms with E-state index in [1.54, 1.807) is 36.6 Å². The van der Waals surface area contributed by atoms with Crippen LogP contribution in [0.15, 0.2) is 47.5 Å². The van der Waals surface area contributed by atoms with Gasteiger partial charge in [-0.15, -0.1) is 10.2 Å². The van der Waals surface area contributed by atoms with Crippen molar-refractivity contribution in [1.29, 1.82) is 0 Å². The van der Waals surface area contributed by atoms with Crippen LogP contribution in [-0.4, -0.2) is 34.1 Å². The molecule has 2 heterocycles. The smallest absolute Gasteiger partial charge is 0.335 e. The van der Waals surface area contributed by atoms with Crippen LogP contribution in [0.25, 0.3) is 5.65 Å². The number of rotatable bonds is 5. The van der Waals surface area contributed by atoms with Gasteiger partial charge in [0, 0.05) is 6.20 Å². The number of pyridine rings is 1. The number of hydrogen-bond acceptors (Lipinski definition) is 5. The molecule has 0 bridgehead atoms. The van der Waals surface area contributed by atoms with Crippen LogP contribution in [0.2, 0.25) is 0 Å². The summed E-state index contributed by atoms with van der Waals surface area (Å²) in [7, 11) is -3.92. The van der Waals surface area contributed by atoms with E-state index >= 15 is 0 Å². The number of aromatic nitrogens is 3. The highest BCUT2D eigenvalue weighted by molar-refractivity contribution is 7.89. The summed E-state index contributed by atoms with van der Waals surface area (Å²) in [5, 5.41) is 17.2. The molecule has 0 fully saturated rings. The SMILES string of the molecule is Cc1ccc(S(=O)(=O)N[C@@H](C)c2nnc3ccccn23)cc1C(=O)O. The zero-order valence-electron chi connectivity index (χ0n) is 13.5. The molecule has 2 aromatic heterocycles. The van der Waals surface area contributed by atoms with Crippen molar-refractivity contribution in [2.75, 3.05) is 0 Å². The van der Waals surface area contributed by atoms with Gasteiger partial charge in [-0.25, -0.2) is 17.9 Å². The molecule has 3 aromatic rings. The first-order valence-corrected chi connectivity index (χ1v) is 8.94. The Morgan fingerprint density at radius 1 is 1.24 bits per heavy atom. The third-order valence-electron chi connectivity index (χ3n) is 3.81. The molecule has 0 saturated carbocycles. The van der Waals surface area contributed by atoms with Crippen LogP contribution >= 0.6 is 0 Å². The number of carboxylic acids is 1. The first kappa shape index (κ1) is 17.1. The Kier molecular flexibility index (Phi) is 4.27. The number of sulfonamides is 1. The maximum Gasteiger partial charge on any atom is 0.335 e. The number of nitrogens with one attached hydrogen (secondary N) is 1. The first-order valence-electron chi connectivity index (χ1n) is 7.45. The minimum Gasteiger partial charge on any atom is -0.478 e. The number of aryl methyl sites for hydroxylation is 1. The van der Waals surface area contributed by atoms with Gasteiger partial charge in [0.05, 0.1) is 16.5 Å². The molecule has 130 valence electrons. The third-order valence-corrected chi connectivity index (χ3v) is 5.35. The Hall–Kier alpha value is -2.78. The Balaban J connectivity index is 1.93. The third kappa shape index (κ3) is 3.24. The monoisotopic (exact) mass is 360 g/mol. The maximum absolute atomic E-state index is 12.6. The average molecular weight is 360 g/mol. The lowest BCUT2D eigenvalue weighted by atomic mass is 10.1. The summed E-state index contributed by atoms with van der Waals surface area (Å²) in [6, 6.07) is 8.69. The number of nitrogens with zero attached hydrogens (tertiary/aromatic N) is 3. The Bertz CT molecular complexity index is 1060. The van der Waals surface area contributed by atoms with Crippen molar-refractivity contribution in [3.8, 4) is 0 Å². The van der Waals surface area contributed by atoms with Gasteiger partial charge >= 0.3 is 5.97 Å². The van der Waals surface area contributed by atoms with E-state index in [1.165, 1.54) is 12.1 Å². The van der Waals surface area contributed by atoms with Gasteiger partial charge in [-0.1, -0.05) is 12.1 Å². The minimum atomic E-state index is -3.92. The fourth-order valence-electron chi connectivity index (χ4n) is 2.51. The van der Waals surface area contributed by atoms with Gasteiger partial charge in [-0.05, 0) is 43.7 Å². The van der Waals surface area contributed by atoms with Crippen LogP contribution in [0.5, 0.6) is 0 Å². The molecule has 0 radical (unpaired) electrons. The second kappa shape index (κ2) is 6.26. The average Bonchev–Trinajstić information content (AvgIpc) is 2.98. The van der Waals surface area contributed by atoms with Gasteiger partial charge in [0.2, 0.25) is 10.0 Å². The fourth-order valence-corrected chi connectivity index (χ4v) is 3.73. The van der Waals surface area contributed by atoms with Gasteiger partial charge in [-0.2, -0.15) is 0 Å². The summed E-state index contributed by atoms with van der Waals surface area (Å²) in [5.74, 6) is -0.740. The normalized spacial score (nSPS) is 13.0. The lowest BCUT2D eigenvalue weighted by Gasteiger charge is -2.13. The molecule has 25 heavy (non-hydrogen) atoms. The van der Waals surface area contributed by atoms with Gasteiger partial charge in [0.15, 0.2) is 11.5 Å². The zero-order chi connectivity index (χ0) is 18.2. The number of fused-ring (bicyclic) bond motifs is 1. The van der Waals surface area contributed by atoms with Crippen molar-refractivity contribution >= 4 is 21.6 Å². The van der Waals surface area contributed by atoms with Crippen LogP contribution in [0.3, 0.4) is 0 Å². The summed E-state index contributed by atoms with van der Waals surface area (Å²) in [4.78, 5) is 11.1. The molecular weight excluding hydrogens is 344 g/mol. The Morgan fingerprint density at radius 3 is 2.72 bits per heavy atom. The predicted molar refractivity (Wildman–Crippen MR) is 89.9 cm³/mol. The van der Waals surface area contributed by atoms with Crippen LogP contribution in [-0.2, 0) is 10.0 Å². The second-order valence-electron chi connectivity index (χ2n) is 5.61. The van der Waals surface area contributed by atoms with Crippen molar-refractivity contribution in [3.63, 3.8) is 0 Å². The van der Waals surface area contributed by atoms with Gasteiger partial charge in [0.25, 0.3) is 0 Å². The maximum atomic E-state index is 12.6. The molecule has 1 atom stereocenters. The molecule has 0 aliphatic rings. The van der Waals surface area contributed by atoms with Gasteiger partial charge in [-0.3, -0.25) is 4.40 Å². The van der Waals surface area contributed by atoms with Crippen LogP contribution in [0.1, 0.15) is 34.7 Å². The number of benzene rings is 1. The van der Waals surface area contributed by atoms with E-state index in [4.69, 9.17) is 5.11 Å². The lowest BCUT2D eigenvalue weighted by molar-refractivity contribution is 0.0696. The van der Waals surface area contributed by atoms with E-state index in [-0.39, 0.29) is 10.5 Å². The zero-order valence-corrected chi connectivity index (χ0v) is 14.4. The van der Waals surface area contributed by atoms with E-state index in [9.17, 15) is 13.2 Å². The fraction of sp³-hybridized carbons (Fsp3) is 0.188. The molecule has 0 aliphatic carbocycles. The van der Waals surface area contributed by atoms with Gasteiger partial charge < -0.3 is 5.11 Å². The van der Waals surface area contributed by atoms with E-state index in [2.05, 4.69) is 14.9 Å². The largest absolute Gasteiger partial charge is 0.478 e. The quantitative estimate of drug-likeness (QED) is 0.717. The topological polar surface area (TPSA) is 114 Å². The first-order chi connectivity index (χ1) is 11.8. The predicted octanol–water partition coefficient (Wildman–Crippen LogP) is 1.78. The highest BCUT2D eigenvalue weighted by atomic mass is 32.2. The molecule has 0 amide bonds. The van der Waals surface area contributed by atoms with E-state index in [0.717, 1.165) is 6.07 Å². The highest BCUT2D eigenvalue weighted by Gasteiger charge is 2.23. The van der Waals surface area contributed by atoms with E-state index in [0.29, 0.717) is 17.0 Å². The molecule has 9 heteroatoms. The molecule has 0 unspecified atom stereocenters. The number of carboxylic acid groups (broad SMARTS) is 1. The minimum absolute atomic E-state index is 0.0524. The van der Waals surface area contributed by atoms with Crippen molar-refractivity contribution in [3.05, 3.63) is 59.5 Å². The molecule has 0 aliphatic heterocycles. The molecule has 3 rings (SSSR count).